The van der Waals surface area contributed by atoms with E-state index in [4.69, 9.17) is 9.90 Å². The molecule has 0 spiro atoms. The molecular formula is C17H19F3N4O2. The lowest BCUT2D eigenvalue weighted by Gasteiger charge is -2.12. The highest BCUT2D eigenvalue weighted by Gasteiger charge is 2.38. The number of halogens is 3. The highest BCUT2D eigenvalue weighted by Crippen LogP contribution is 2.27. The van der Waals surface area contributed by atoms with Crippen LogP contribution in [0.3, 0.4) is 0 Å². The summed E-state index contributed by atoms with van der Waals surface area (Å²) in [6, 6.07) is 4.59. The molecule has 140 valence electrons. The molecule has 3 rings (SSSR count). The van der Waals surface area contributed by atoms with Gasteiger partial charge >= 0.3 is 12.1 Å². The number of rotatable bonds is 4. The summed E-state index contributed by atoms with van der Waals surface area (Å²) in [4.78, 5) is 16.4. The van der Waals surface area contributed by atoms with Gasteiger partial charge in [0.25, 0.3) is 0 Å². The molecule has 3 aromatic rings. The molecule has 0 aliphatic heterocycles. The second kappa shape index (κ2) is 8.03. The van der Waals surface area contributed by atoms with Crippen molar-refractivity contribution in [3.8, 4) is 11.1 Å². The van der Waals surface area contributed by atoms with Crippen LogP contribution in [-0.4, -0.2) is 37.0 Å². The largest absolute Gasteiger partial charge is 0.490 e. The van der Waals surface area contributed by atoms with Gasteiger partial charge in [0.2, 0.25) is 0 Å². The zero-order valence-electron chi connectivity index (χ0n) is 14.3. The molecule has 0 saturated heterocycles. The van der Waals surface area contributed by atoms with Gasteiger partial charge in [-0.05, 0) is 30.5 Å². The third-order valence-electron chi connectivity index (χ3n) is 3.93. The summed E-state index contributed by atoms with van der Waals surface area (Å²) in [5.74, 6) is -2.76. The number of H-pyrrole nitrogens is 1. The lowest BCUT2D eigenvalue weighted by Crippen LogP contribution is -2.21. The van der Waals surface area contributed by atoms with Gasteiger partial charge in [-0.3, -0.25) is 4.68 Å². The molecule has 0 fully saturated rings. The van der Waals surface area contributed by atoms with E-state index in [1.807, 2.05) is 24.7 Å². The molecule has 2 N–H and O–H groups in total. The van der Waals surface area contributed by atoms with Crippen LogP contribution in [0.2, 0.25) is 0 Å². The molecule has 3 aromatic heterocycles. The summed E-state index contributed by atoms with van der Waals surface area (Å²) in [5, 5.41) is 12.8. The summed E-state index contributed by atoms with van der Waals surface area (Å²) < 4.78 is 33.8. The van der Waals surface area contributed by atoms with Crippen LogP contribution in [0.25, 0.3) is 22.2 Å². The first kappa shape index (κ1) is 19.5. The van der Waals surface area contributed by atoms with Crippen LogP contribution in [0, 0.1) is 0 Å². The van der Waals surface area contributed by atoms with Crippen LogP contribution in [0.15, 0.2) is 36.9 Å². The Morgan fingerprint density at radius 1 is 1.31 bits per heavy atom. The minimum Gasteiger partial charge on any atom is -0.475 e. The van der Waals surface area contributed by atoms with Crippen molar-refractivity contribution in [1.29, 1.82) is 0 Å². The number of aliphatic carboxylic acids is 1. The van der Waals surface area contributed by atoms with E-state index < -0.39 is 12.1 Å². The lowest BCUT2D eigenvalue weighted by molar-refractivity contribution is -0.192. The molecule has 6 nitrogen and oxygen atoms in total. The zero-order chi connectivity index (χ0) is 19.3. The lowest BCUT2D eigenvalue weighted by atomic mass is 10.1. The number of carboxylic acids is 1. The van der Waals surface area contributed by atoms with E-state index in [0.29, 0.717) is 6.04 Å². The Bertz CT molecular complexity index is 866. The van der Waals surface area contributed by atoms with Gasteiger partial charge in [0.1, 0.15) is 5.65 Å². The number of pyridine rings is 1. The summed E-state index contributed by atoms with van der Waals surface area (Å²) in [6.07, 6.45) is 4.97. The predicted molar refractivity (Wildman–Crippen MR) is 90.6 cm³/mol. The standard InChI is InChI=1S/C15H18N4.C2HF3O2/c1-3-12(4-2)19-10-11(9-18-19)13-5-7-16-15-14(13)6-8-17-15;3-2(4,5)1(6)7/h5-10,12H,3-4H2,1-2H3,(H,16,17);(H,6,7). The first-order chi connectivity index (χ1) is 12.3. The number of hydrogen-bond donors (Lipinski definition) is 2. The Morgan fingerprint density at radius 3 is 2.54 bits per heavy atom. The third kappa shape index (κ3) is 4.41. The second-order valence-corrected chi connectivity index (χ2v) is 5.58. The van der Waals surface area contributed by atoms with Crippen molar-refractivity contribution in [2.45, 2.75) is 38.9 Å². The van der Waals surface area contributed by atoms with Crippen molar-refractivity contribution in [2.24, 2.45) is 0 Å². The van der Waals surface area contributed by atoms with Crippen LogP contribution in [-0.2, 0) is 4.79 Å². The van der Waals surface area contributed by atoms with Crippen molar-refractivity contribution in [1.82, 2.24) is 19.7 Å². The fourth-order valence-corrected chi connectivity index (χ4v) is 2.55. The first-order valence-corrected chi connectivity index (χ1v) is 8.04. The number of nitrogens with one attached hydrogen (secondary N) is 1. The van der Waals surface area contributed by atoms with Crippen LogP contribution >= 0.6 is 0 Å². The quantitative estimate of drug-likeness (QED) is 0.714. The Labute approximate surface area is 147 Å². The molecule has 3 heterocycles. The number of nitrogens with zero attached hydrogens (tertiary/aromatic N) is 3. The average Bonchev–Trinajstić information content (AvgIpc) is 3.24. The number of fused-ring (bicyclic) bond motifs is 1. The summed E-state index contributed by atoms with van der Waals surface area (Å²) in [7, 11) is 0. The van der Waals surface area contributed by atoms with Gasteiger partial charge in [0, 0.05) is 29.5 Å². The minimum absolute atomic E-state index is 0.484. The molecular weight excluding hydrogens is 349 g/mol. The van der Waals surface area contributed by atoms with Crippen molar-refractivity contribution in [2.75, 3.05) is 0 Å². The summed E-state index contributed by atoms with van der Waals surface area (Å²) in [6.45, 7) is 4.40. The molecule has 26 heavy (non-hydrogen) atoms. The first-order valence-electron chi connectivity index (χ1n) is 8.04. The minimum atomic E-state index is -5.08. The molecule has 0 saturated carbocycles. The molecule has 0 aliphatic rings. The topological polar surface area (TPSA) is 83.8 Å². The molecule has 9 heteroatoms. The molecule has 0 unspecified atom stereocenters. The van der Waals surface area contributed by atoms with E-state index in [1.54, 1.807) is 0 Å². The maximum atomic E-state index is 10.6. The smallest absolute Gasteiger partial charge is 0.475 e. The Hall–Kier alpha value is -2.84. The highest BCUT2D eigenvalue weighted by molar-refractivity contribution is 5.92. The van der Waals surface area contributed by atoms with E-state index in [1.165, 1.54) is 5.56 Å². The second-order valence-electron chi connectivity index (χ2n) is 5.58. The number of carboxylic acid groups (broad SMARTS) is 1. The average molecular weight is 368 g/mol. The zero-order valence-corrected chi connectivity index (χ0v) is 14.3. The maximum Gasteiger partial charge on any atom is 0.490 e. The van der Waals surface area contributed by atoms with E-state index in [2.05, 4.69) is 45.9 Å². The Morgan fingerprint density at radius 2 is 1.96 bits per heavy atom. The summed E-state index contributed by atoms with van der Waals surface area (Å²) in [5.41, 5.74) is 3.26. The molecule has 0 amide bonds. The molecule has 0 aliphatic carbocycles. The van der Waals surface area contributed by atoms with Gasteiger partial charge in [-0.15, -0.1) is 0 Å². The van der Waals surface area contributed by atoms with E-state index in [0.717, 1.165) is 29.4 Å². The van der Waals surface area contributed by atoms with Crippen molar-refractivity contribution in [3.63, 3.8) is 0 Å². The predicted octanol–water partition coefficient (Wildman–Crippen LogP) is 4.42. The van der Waals surface area contributed by atoms with Gasteiger partial charge in [-0.2, -0.15) is 18.3 Å². The Kier molecular flexibility index (Phi) is 6.01. The number of aromatic nitrogens is 4. The monoisotopic (exact) mass is 368 g/mol. The van der Waals surface area contributed by atoms with E-state index in [-0.39, 0.29) is 0 Å². The van der Waals surface area contributed by atoms with Crippen molar-refractivity contribution in [3.05, 3.63) is 36.9 Å². The molecule has 0 atom stereocenters. The van der Waals surface area contributed by atoms with E-state index >= 15 is 0 Å². The van der Waals surface area contributed by atoms with Crippen LogP contribution in [0.1, 0.15) is 32.7 Å². The van der Waals surface area contributed by atoms with Gasteiger partial charge in [-0.25, -0.2) is 9.78 Å². The van der Waals surface area contributed by atoms with Gasteiger partial charge in [0.05, 0.1) is 12.2 Å². The van der Waals surface area contributed by atoms with Crippen molar-refractivity contribution >= 4 is 17.0 Å². The van der Waals surface area contributed by atoms with Crippen LogP contribution in [0.5, 0.6) is 0 Å². The molecule has 0 bridgehead atoms. The van der Waals surface area contributed by atoms with Crippen molar-refractivity contribution < 1.29 is 23.1 Å². The molecule has 0 aromatic carbocycles. The number of alkyl halides is 3. The van der Waals surface area contributed by atoms with Gasteiger partial charge in [0.15, 0.2) is 0 Å². The fraction of sp³-hybridized carbons (Fsp3) is 0.353. The number of carbonyl (C=O) groups is 1. The van der Waals surface area contributed by atoms with Crippen LogP contribution < -0.4 is 0 Å². The fourth-order valence-electron chi connectivity index (χ4n) is 2.55. The highest BCUT2D eigenvalue weighted by atomic mass is 19.4. The van der Waals surface area contributed by atoms with Gasteiger partial charge < -0.3 is 10.1 Å². The van der Waals surface area contributed by atoms with E-state index in [9.17, 15) is 13.2 Å². The normalized spacial score (nSPS) is 11.5. The Balaban J connectivity index is 0.000000298. The number of aromatic amines is 1. The third-order valence-corrected chi connectivity index (χ3v) is 3.93. The number of hydrogen-bond acceptors (Lipinski definition) is 3. The summed E-state index contributed by atoms with van der Waals surface area (Å²) >= 11 is 0. The molecule has 0 radical (unpaired) electrons. The SMILES string of the molecule is CCC(CC)n1cc(-c2ccnc3[nH]ccc23)cn1.O=C(O)C(F)(F)F. The van der Waals surface area contributed by atoms with Crippen LogP contribution in [0.4, 0.5) is 13.2 Å². The maximum absolute atomic E-state index is 10.6. The van der Waals surface area contributed by atoms with Gasteiger partial charge in [-0.1, -0.05) is 13.8 Å².